The second-order valence-corrected chi connectivity index (χ2v) is 18.6. The van der Waals surface area contributed by atoms with E-state index in [9.17, 15) is 14.4 Å². The molecular weight excluding hydrogens is 907 g/mol. The van der Waals surface area contributed by atoms with E-state index in [1.165, 1.54) is 33.4 Å². The van der Waals surface area contributed by atoms with E-state index in [1.807, 2.05) is 36.4 Å². The number of H-pyrrole nitrogens is 3. The quantitative estimate of drug-likeness (QED) is 0.0976. The first kappa shape index (κ1) is 43.1. The highest BCUT2D eigenvalue weighted by Gasteiger charge is 2.26. The Hall–Kier alpha value is -8.97. The lowest BCUT2D eigenvalue weighted by Crippen LogP contribution is -2.31. The SMILES string of the molecule is O=c1[nH]nc2c3c(cccc13)NC(CN1Cc3ccccc3C1)=N2.O=c1[nH]nc2c3c(cccc13)NC(CN1Cc3ccccc3C1)=N2.O=c1[nH]nc2c3c(cccc13)NC(CN1Cc3ccccc3C1)=N2. The van der Waals surface area contributed by atoms with E-state index in [0.717, 1.165) is 90.0 Å². The third kappa shape index (κ3) is 8.08. The maximum Gasteiger partial charge on any atom is 0.272 e. The molecule has 0 saturated carbocycles. The van der Waals surface area contributed by atoms with Crippen LogP contribution in [-0.2, 0) is 39.3 Å². The van der Waals surface area contributed by atoms with Gasteiger partial charge in [-0.25, -0.2) is 30.3 Å². The van der Waals surface area contributed by atoms with Crippen molar-refractivity contribution in [2.75, 3.05) is 35.6 Å². The Morgan fingerprint density at radius 1 is 0.347 bits per heavy atom. The van der Waals surface area contributed by atoms with Crippen molar-refractivity contribution in [2.45, 2.75) is 39.3 Å². The molecule has 6 aromatic carbocycles. The Morgan fingerprint density at radius 3 is 0.875 bits per heavy atom. The number of hydrogen-bond acceptors (Lipinski definition) is 15. The van der Waals surface area contributed by atoms with Gasteiger partial charge >= 0.3 is 0 Å². The predicted molar refractivity (Wildman–Crippen MR) is 281 cm³/mol. The van der Waals surface area contributed by atoms with Crippen molar-refractivity contribution in [2.24, 2.45) is 15.0 Å². The van der Waals surface area contributed by atoms with Crippen molar-refractivity contribution in [1.29, 1.82) is 0 Å². The monoisotopic (exact) mass is 951 g/mol. The standard InChI is InChI=1S/3C18H15N5O/c3*24-18-13-6-3-7-14-16(13)17(21-22-18)20-15(19-14)10-23-8-11-4-1-2-5-12(11)9-23/h3*1-7H,8-10H2,(H,22,24)(H,19,20,21). The molecule has 3 aromatic heterocycles. The zero-order valence-corrected chi connectivity index (χ0v) is 38.7. The number of aromatic nitrogens is 6. The van der Waals surface area contributed by atoms with Crippen LogP contribution in [0.25, 0.3) is 32.3 Å². The van der Waals surface area contributed by atoms with Gasteiger partial charge in [0.05, 0.1) is 69.0 Å². The third-order valence-corrected chi connectivity index (χ3v) is 13.8. The highest BCUT2D eigenvalue weighted by atomic mass is 16.1. The molecule has 9 aromatic rings. The number of amidine groups is 3. The molecule has 6 aliphatic rings. The molecular formula is C54H45N15O3. The third-order valence-electron chi connectivity index (χ3n) is 13.8. The van der Waals surface area contributed by atoms with Crippen LogP contribution in [0.5, 0.6) is 0 Å². The zero-order valence-electron chi connectivity index (χ0n) is 38.7. The lowest BCUT2D eigenvalue weighted by Gasteiger charge is -2.21. The lowest BCUT2D eigenvalue weighted by atomic mass is 10.1. The normalized spacial score (nSPS) is 15.9. The highest BCUT2D eigenvalue weighted by Crippen LogP contribution is 2.35. The summed E-state index contributed by atoms with van der Waals surface area (Å²) in [6, 6.07) is 42.4. The minimum Gasteiger partial charge on any atom is -0.342 e. The highest BCUT2D eigenvalue weighted by molar-refractivity contribution is 6.15. The summed E-state index contributed by atoms with van der Waals surface area (Å²) in [6.07, 6.45) is 0. The maximum absolute atomic E-state index is 11.9. The molecule has 0 fully saturated rings. The van der Waals surface area contributed by atoms with Gasteiger partial charge in [-0.3, -0.25) is 29.1 Å². The first-order valence-electron chi connectivity index (χ1n) is 23.8. The first-order valence-corrected chi connectivity index (χ1v) is 23.8. The fourth-order valence-electron chi connectivity index (χ4n) is 10.5. The number of benzene rings is 6. The minimum absolute atomic E-state index is 0.189. The molecule has 0 aliphatic carbocycles. The molecule has 0 spiro atoms. The van der Waals surface area contributed by atoms with Crippen LogP contribution in [0.1, 0.15) is 33.4 Å². The van der Waals surface area contributed by atoms with Gasteiger partial charge in [0.25, 0.3) is 16.7 Å². The number of nitrogens with zero attached hydrogens (tertiary/aromatic N) is 9. The van der Waals surface area contributed by atoms with Crippen molar-refractivity contribution in [3.05, 3.63) is 192 Å². The van der Waals surface area contributed by atoms with Gasteiger partial charge in [-0.15, -0.1) is 0 Å². The molecule has 354 valence electrons. The van der Waals surface area contributed by atoms with Crippen LogP contribution in [0.3, 0.4) is 0 Å². The Balaban J connectivity index is 0.000000105. The van der Waals surface area contributed by atoms with Crippen LogP contribution in [0.4, 0.5) is 34.5 Å². The molecule has 72 heavy (non-hydrogen) atoms. The van der Waals surface area contributed by atoms with Gasteiger partial charge < -0.3 is 16.0 Å². The first-order chi connectivity index (χ1) is 35.3. The summed E-state index contributed by atoms with van der Waals surface area (Å²) in [5.74, 6) is 4.27. The number of nitrogens with one attached hydrogen (secondary N) is 6. The molecule has 0 radical (unpaired) electrons. The van der Waals surface area contributed by atoms with Crippen LogP contribution < -0.4 is 32.6 Å². The molecule has 0 unspecified atom stereocenters. The van der Waals surface area contributed by atoms with Gasteiger partial charge in [0.2, 0.25) is 0 Å². The lowest BCUT2D eigenvalue weighted by molar-refractivity contribution is 0.326. The van der Waals surface area contributed by atoms with Crippen LogP contribution in [-0.4, -0.2) is 82.4 Å². The van der Waals surface area contributed by atoms with E-state index in [-0.39, 0.29) is 16.7 Å². The summed E-state index contributed by atoms with van der Waals surface area (Å²) < 4.78 is 0. The Kier molecular flexibility index (Phi) is 10.6. The van der Waals surface area contributed by atoms with Crippen molar-refractivity contribution in [3.63, 3.8) is 0 Å². The van der Waals surface area contributed by atoms with Crippen LogP contribution in [0.15, 0.2) is 157 Å². The zero-order chi connectivity index (χ0) is 48.3. The fraction of sp³-hybridized carbons (Fsp3) is 0.167. The second-order valence-electron chi connectivity index (χ2n) is 18.6. The number of aliphatic imine (C=N–C) groups is 3. The number of aromatic amines is 3. The van der Waals surface area contributed by atoms with Gasteiger partial charge in [-0.1, -0.05) is 91.0 Å². The molecule has 18 nitrogen and oxygen atoms in total. The molecule has 0 bridgehead atoms. The molecule has 18 heteroatoms. The van der Waals surface area contributed by atoms with Gasteiger partial charge in [-0.2, -0.15) is 15.3 Å². The largest absolute Gasteiger partial charge is 0.342 e. The number of hydrogen-bond donors (Lipinski definition) is 6. The summed E-state index contributed by atoms with van der Waals surface area (Å²) in [5, 5.41) is 34.2. The average molecular weight is 952 g/mol. The van der Waals surface area contributed by atoms with Gasteiger partial charge in [0.1, 0.15) is 17.5 Å². The van der Waals surface area contributed by atoms with Crippen LogP contribution in [0, 0.1) is 0 Å². The summed E-state index contributed by atoms with van der Waals surface area (Å²) in [5.41, 5.74) is 10.4. The van der Waals surface area contributed by atoms with Crippen molar-refractivity contribution in [1.82, 2.24) is 45.3 Å². The average Bonchev–Trinajstić information content (AvgIpc) is 4.13. The summed E-state index contributed by atoms with van der Waals surface area (Å²) in [6.45, 7) is 7.68. The number of anilines is 3. The molecule has 0 saturated heterocycles. The molecule has 6 N–H and O–H groups in total. The molecule has 0 atom stereocenters. The van der Waals surface area contributed by atoms with Crippen molar-refractivity contribution >= 4 is 84.3 Å². The summed E-state index contributed by atoms with van der Waals surface area (Å²) >= 11 is 0. The van der Waals surface area contributed by atoms with Crippen molar-refractivity contribution < 1.29 is 0 Å². The summed E-state index contributed by atoms with van der Waals surface area (Å²) in [7, 11) is 0. The topological polar surface area (TPSA) is 220 Å². The van der Waals surface area contributed by atoms with E-state index in [1.54, 1.807) is 18.2 Å². The Bertz CT molecular complexity index is 3490. The molecule has 6 aliphatic heterocycles. The number of rotatable bonds is 6. The van der Waals surface area contributed by atoms with Crippen LogP contribution >= 0.6 is 0 Å². The van der Waals surface area contributed by atoms with Crippen LogP contribution in [0.2, 0.25) is 0 Å². The summed E-state index contributed by atoms with van der Waals surface area (Å²) in [4.78, 5) is 56.6. The molecule has 15 rings (SSSR count). The van der Waals surface area contributed by atoms with Gasteiger partial charge in [0.15, 0.2) is 17.5 Å². The number of fused-ring (bicyclic) bond motifs is 3. The van der Waals surface area contributed by atoms with E-state index < -0.39 is 0 Å². The van der Waals surface area contributed by atoms with E-state index in [0.29, 0.717) is 53.2 Å². The van der Waals surface area contributed by atoms with Crippen molar-refractivity contribution in [3.8, 4) is 0 Å². The molecule has 9 heterocycles. The predicted octanol–water partition coefficient (Wildman–Crippen LogP) is 7.18. The molecule has 0 amide bonds. The Morgan fingerprint density at radius 2 is 0.611 bits per heavy atom. The minimum atomic E-state index is -0.189. The second kappa shape index (κ2) is 17.8. The smallest absolute Gasteiger partial charge is 0.272 e. The van der Waals surface area contributed by atoms with E-state index in [2.05, 4.69) is 149 Å². The van der Waals surface area contributed by atoms with Gasteiger partial charge in [-0.05, 0) is 69.8 Å². The van der Waals surface area contributed by atoms with E-state index in [4.69, 9.17) is 0 Å². The van der Waals surface area contributed by atoms with Gasteiger partial charge in [0, 0.05) is 39.3 Å². The fourth-order valence-corrected chi connectivity index (χ4v) is 10.5. The van der Waals surface area contributed by atoms with E-state index >= 15 is 0 Å². The Labute approximate surface area is 409 Å². The maximum atomic E-state index is 11.9.